The maximum absolute atomic E-state index is 12.6. The fourth-order valence-corrected chi connectivity index (χ4v) is 3.40. The van der Waals surface area contributed by atoms with Gasteiger partial charge in [0.25, 0.3) is 5.91 Å². The SMILES string of the molecule is COc1cccc(C(=O)Nc2cccc(C(=O)C(=O)C3CCCCC3)c2)c1. The fraction of sp³-hybridized carbons (Fsp3) is 0.318. The number of methoxy groups -OCH3 is 1. The smallest absolute Gasteiger partial charge is 0.255 e. The van der Waals surface area contributed by atoms with E-state index < -0.39 is 5.78 Å². The van der Waals surface area contributed by atoms with Crippen LogP contribution in [-0.4, -0.2) is 24.6 Å². The molecule has 1 amide bonds. The van der Waals surface area contributed by atoms with Gasteiger partial charge in [-0.15, -0.1) is 0 Å². The molecule has 1 aliphatic rings. The van der Waals surface area contributed by atoms with E-state index in [1.807, 2.05) is 0 Å². The summed E-state index contributed by atoms with van der Waals surface area (Å²) >= 11 is 0. The van der Waals surface area contributed by atoms with Crippen molar-refractivity contribution in [3.05, 3.63) is 59.7 Å². The van der Waals surface area contributed by atoms with E-state index in [1.54, 1.807) is 48.5 Å². The lowest BCUT2D eigenvalue weighted by atomic mass is 9.84. The highest BCUT2D eigenvalue weighted by atomic mass is 16.5. The highest BCUT2D eigenvalue weighted by Crippen LogP contribution is 2.26. The van der Waals surface area contributed by atoms with Crippen LogP contribution in [0.25, 0.3) is 0 Å². The van der Waals surface area contributed by atoms with Gasteiger partial charge in [-0.2, -0.15) is 0 Å². The van der Waals surface area contributed by atoms with Crippen LogP contribution in [0.4, 0.5) is 5.69 Å². The molecule has 0 unspecified atom stereocenters. The quantitative estimate of drug-likeness (QED) is 0.613. The molecule has 0 aliphatic heterocycles. The summed E-state index contributed by atoms with van der Waals surface area (Å²) in [7, 11) is 1.54. The van der Waals surface area contributed by atoms with Crippen molar-refractivity contribution in [1.29, 1.82) is 0 Å². The van der Waals surface area contributed by atoms with Crippen LogP contribution in [0.3, 0.4) is 0 Å². The van der Waals surface area contributed by atoms with E-state index in [-0.39, 0.29) is 17.6 Å². The highest BCUT2D eigenvalue weighted by Gasteiger charge is 2.27. The summed E-state index contributed by atoms with van der Waals surface area (Å²) in [6.07, 6.45) is 4.71. The molecule has 1 N–H and O–H groups in total. The zero-order valence-electron chi connectivity index (χ0n) is 15.4. The Morgan fingerprint density at radius 1 is 0.926 bits per heavy atom. The molecule has 0 atom stereocenters. The van der Waals surface area contributed by atoms with Crippen molar-refractivity contribution in [2.45, 2.75) is 32.1 Å². The first-order chi connectivity index (χ1) is 13.1. The van der Waals surface area contributed by atoms with Crippen LogP contribution in [0.2, 0.25) is 0 Å². The number of nitrogens with one attached hydrogen (secondary N) is 1. The minimum absolute atomic E-state index is 0.165. The maximum Gasteiger partial charge on any atom is 0.255 e. The van der Waals surface area contributed by atoms with Gasteiger partial charge in [0.1, 0.15) is 5.75 Å². The number of amides is 1. The average Bonchev–Trinajstić information content (AvgIpc) is 2.73. The Kier molecular flexibility index (Phi) is 6.01. The second-order valence-corrected chi connectivity index (χ2v) is 6.80. The van der Waals surface area contributed by atoms with Gasteiger partial charge >= 0.3 is 0 Å². The standard InChI is InChI=1S/C22H23NO4/c1-27-19-12-6-10-17(14-19)22(26)23-18-11-5-9-16(13-18)21(25)20(24)15-7-3-2-4-8-15/h5-6,9-15H,2-4,7-8H2,1H3,(H,23,26). The van der Waals surface area contributed by atoms with Gasteiger partial charge in [0, 0.05) is 22.7 Å². The van der Waals surface area contributed by atoms with Crippen molar-refractivity contribution in [2.75, 3.05) is 12.4 Å². The number of carbonyl (C=O) groups excluding carboxylic acids is 3. The summed E-state index contributed by atoms with van der Waals surface area (Å²) < 4.78 is 5.13. The predicted octanol–water partition coefficient (Wildman–Crippen LogP) is 4.28. The van der Waals surface area contributed by atoms with Crippen molar-refractivity contribution in [3.8, 4) is 5.75 Å². The maximum atomic E-state index is 12.6. The minimum Gasteiger partial charge on any atom is -0.497 e. The van der Waals surface area contributed by atoms with E-state index in [9.17, 15) is 14.4 Å². The zero-order valence-corrected chi connectivity index (χ0v) is 15.4. The third-order valence-corrected chi connectivity index (χ3v) is 4.91. The molecule has 0 heterocycles. The Hall–Kier alpha value is -2.95. The Labute approximate surface area is 158 Å². The van der Waals surface area contributed by atoms with Gasteiger partial charge in [-0.05, 0) is 43.2 Å². The molecule has 2 aromatic rings. The molecule has 2 aromatic carbocycles. The number of ketones is 2. The van der Waals surface area contributed by atoms with Gasteiger partial charge in [0.15, 0.2) is 0 Å². The van der Waals surface area contributed by atoms with Crippen molar-refractivity contribution < 1.29 is 19.1 Å². The van der Waals surface area contributed by atoms with Crippen LogP contribution in [0.5, 0.6) is 5.75 Å². The molecule has 1 aliphatic carbocycles. The summed E-state index contributed by atoms with van der Waals surface area (Å²) in [4.78, 5) is 37.5. The number of Topliss-reactive ketones (excluding diaryl/α,β-unsaturated/α-hetero) is 2. The van der Waals surface area contributed by atoms with Gasteiger partial charge in [-0.1, -0.05) is 37.5 Å². The largest absolute Gasteiger partial charge is 0.497 e. The van der Waals surface area contributed by atoms with Crippen LogP contribution in [-0.2, 0) is 4.79 Å². The number of hydrogen-bond donors (Lipinski definition) is 1. The first kappa shape index (κ1) is 18.8. The summed E-state index contributed by atoms with van der Waals surface area (Å²) in [5.74, 6) is -0.673. The van der Waals surface area contributed by atoms with E-state index in [0.717, 1.165) is 32.1 Å². The van der Waals surface area contributed by atoms with Gasteiger partial charge in [0.05, 0.1) is 7.11 Å². The molecular formula is C22H23NO4. The van der Waals surface area contributed by atoms with E-state index >= 15 is 0 Å². The first-order valence-corrected chi connectivity index (χ1v) is 9.22. The molecule has 27 heavy (non-hydrogen) atoms. The van der Waals surface area contributed by atoms with E-state index in [4.69, 9.17) is 4.74 Å². The molecule has 140 valence electrons. The Morgan fingerprint density at radius 3 is 2.37 bits per heavy atom. The first-order valence-electron chi connectivity index (χ1n) is 9.22. The topological polar surface area (TPSA) is 72.5 Å². The summed E-state index contributed by atoms with van der Waals surface area (Å²) in [6.45, 7) is 0. The third-order valence-electron chi connectivity index (χ3n) is 4.91. The van der Waals surface area contributed by atoms with Crippen molar-refractivity contribution in [1.82, 2.24) is 0 Å². The molecule has 5 nitrogen and oxygen atoms in total. The van der Waals surface area contributed by atoms with Gasteiger partial charge in [0.2, 0.25) is 11.6 Å². The van der Waals surface area contributed by atoms with E-state index in [1.165, 1.54) is 7.11 Å². The molecule has 0 saturated heterocycles. The zero-order chi connectivity index (χ0) is 19.2. The monoisotopic (exact) mass is 365 g/mol. The molecule has 1 fully saturated rings. The molecule has 0 bridgehead atoms. The van der Waals surface area contributed by atoms with Crippen molar-refractivity contribution in [2.24, 2.45) is 5.92 Å². The van der Waals surface area contributed by atoms with Crippen molar-refractivity contribution >= 4 is 23.2 Å². The Morgan fingerprint density at radius 2 is 1.63 bits per heavy atom. The summed E-state index contributed by atoms with van der Waals surface area (Å²) in [5.41, 5.74) is 1.24. The normalized spacial score (nSPS) is 14.4. The highest BCUT2D eigenvalue weighted by molar-refractivity contribution is 6.44. The minimum atomic E-state index is -0.473. The lowest BCUT2D eigenvalue weighted by Gasteiger charge is -2.19. The van der Waals surface area contributed by atoms with Gasteiger partial charge < -0.3 is 10.1 Å². The third kappa shape index (κ3) is 4.61. The van der Waals surface area contributed by atoms with Crippen LogP contribution in [0, 0.1) is 5.92 Å². The summed E-state index contributed by atoms with van der Waals surface area (Å²) in [6, 6.07) is 13.3. The van der Waals surface area contributed by atoms with Gasteiger partial charge in [-0.3, -0.25) is 14.4 Å². The molecular weight excluding hydrogens is 342 g/mol. The van der Waals surface area contributed by atoms with Crippen molar-refractivity contribution in [3.63, 3.8) is 0 Å². The molecule has 0 spiro atoms. The number of ether oxygens (including phenoxy) is 1. The van der Waals surface area contributed by atoms with Crippen LogP contribution < -0.4 is 10.1 Å². The van der Waals surface area contributed by atoms with E-state index in [2.05, 4.69) is 5.32 Å². The predicted molar refractivity (Wildman–Crippen MR) is 103 cm³/mol. The second-order valence-electron chi connectivity index (χ2n) is 6.80. The number of rotatable bonds is 6. The molecule has 3 rings (SSSR count). The van der Waals surface area contributed by atoms with Crippen LogP contribution >= 0.6 is 0 Å². The summed E-state index contributed by atoms with van der Waals surface area (Å²) in [5, 5.41) is 2.77. The molecule has 5 heteroatoms. The van der Waals surface area contributed by atoms with Crippen LogP contribution in [0.1, 0.15) is 52.8 Å². The fourth-order valence-electron chi connectivity index (χ4n) is 3.40. The average molecular weight is 365 g/mol. The number of carbonyl (C=O) groups is 3. The van der Waals surface area contributed by atoms with E-state index in [0.29, 0.717) is 22.6 Å². The number of hydrogen-bond acceptors (Lipinski definition) is 4. The lowest BCUT2D eigenvalue weighted by Crippen LogP contribution is -2.25. The number of benzene rings is 2. The van der Waals surface area contributed by atoms with Gasteiger partial charge in [-0.25, -0.2) is 0 Å². The molecule has 0 radical (unpaired) electrons. The Balaban J connectivity index is 1.72. The lowest BCUT2D eigenvalue weighted by molar-refractivity contribution is -0.119. The molecule has 0 aromatic heterocycles. The second kappa shape index (κ2) is 8.62. The van der Waals surface area contributed by atoms with Crippen LogP contribution in [0.15, 0.2) is 48.5 Å². The Bertz CT molecular complexity index is 853. The number of anilines is 1. The molecule has 1 saturated carbocycles.